The summed E-state index contributed by atoms with van der Waals surface area (Å²) in [4.78, 5) is 10.5. The van der Waals surface area contributed by atoms with E-state index in [0.29, 0.717) is 6.42 Å². The Labute approximate surface area is 93.0 Å². The molecule has 2 N–H and O–H groups in total. The lowest BCUT2D eigenvalue weighted by Gasteiger charge is -2.02. The van der Waals surface area contributed by atoms with Crippen molar-refractivity contribution in [1.82, 2.24) is 0 Å². The van der Waals surface area contributed by atoms with Crippen molar-refractivity contribution in [1.29, 1.82) is 0 Å². The Morgan fingerprint density at radius 3 is 2.44 bits per heavy atom. The van der Waals surface area contributed by atoms with Gasteiger partial charge in [0.15, 0.2) is 5.71 Å². The van der Waals surface area contributed by atoms with Gasteiger partial charge in [-0.25, -0.2) is 4.79 Å². The van der Waals surface area contributed by atoms with Crippen LogP contribution in [-0.4, -0.2) is 29.1 Å². The summed E-state index contributed by atoms with van der Waals surface area (Å²) < 4.78 is 5.00. The van der Waals surface area contributed by atoms with E-state index in [-0.39, 0.29) is 12.1 Å². The molecular formula is C11H13NO4. The second-order valence-electron chi connectivity index (χ2n) is 3.20. The zero-order chi connectivity index (χ0) is 12.0. The normalized spacial score (nSPS) is 11.2. The van der Waals surface area contributed by atoms with Crippen LogP contribution in [0, 0.1) is 0 Å². The first kappa shape index (κ1) is 12.0. The second-order valence-corrected chi connectivity index (χ2v) is 3.20. The SMILES string of the molecule is COc1ccc(CCC(=NO)C(=O)O)cc1. The lowest BCUT2D eigenvalue weighted by Crippen LogP contribution is -2.13. The van der Waals surface area contributed by atoms with Gasteiger partial charge in [-0.2, -0.15) is 0 Å². The second kappa shape index (κ2) is 5.75. The number of benzene rings is 1. The van der Waals surface area contributed by atoms with Gasteiger partial charge in [-0.1, -0.05) is 17.3 Å². The van der Waals surface area contributed by atoms with Crippen LogP contribution < -0.4 is 4.74 Å². The summed E-state index contributed by atoms with van der Waals surface area (Å²) in [5.41, 5.74) is 0.721. The largest absolute Gasteiger partial charge is 0.497 e. The molecule has 0 saturated carbocycles. The summed E-state index contributed by atoms with van der Waals surface area (Å²) in [5.74, 6) is -0.450. The Kier molecular flexibility index (Phi) is 4.32. The van der Waals surface area contributed by atoms with Crippen molar-refractivity contribution in [2.24, 2.45) is 5.16 Å². The predicted molar refractivity (Wildman–Crippen MR) is 58.2 cm³/mol. The summed E-state index contributed by atoms with van der Waals surface area (Å²) in [6.07, 6.45) is 0.702. The molecule has 16 heavy (non-hydrogen) atoms. The smallest absolute Gasteiger partial charge is 0.353 e. The van der Waals surface area contributed by atoms with Gasteiger partial charge in [-0.15, -0.1) is 0 Å². The molecule has 0 amide bonds. The van der Waals surface area contributed by atoms with Crippen LogP contribution in [0.25, 0.3) is 0 Å². The number of aliphatic carboxylic acids is 1. The van der Waals surface area contributed by atoms with Crippen molar-refractivity contribution in [3.63, 3.8) is 0 Å². The van der Waals surface area contributed by atoms with E-state index in [4.69, 9.17) is 15.1 Å². The topological polar surface area (TPSA) is 79.1 Å². The predicted octanol–water partition coefficient (Wildman–Crippen LogP) is 1.54. The van der Waals surface area contributed by atoms with E-state index in [9.17, 15) is 4.79 Å². The molecule has 0 fully saturated rings. The number of rotatable bonds is 5. The van der Waals surface area contributed by atoms with Gasteiger partial charge < -0.3 is 15.1 Å². The lowest BCUT2D eigenvalue weighted by atomic mass is 10.1. The van der Waals surface area contributed by atoms with Gasteiger partial charge >= 0.3 is 5.97 Å². The molecule has 5 heteroatoms. The number of ether oxygens (including phenoxy) is 1. The molecule has 0 aliphatic heterocycles. The van der Waals surface area contributed by atoms with Crippen LogP contribution in [0.4, 0.5) is 0 Å². The highest BCUT2D eigenvalue weighted by molar-refractivity contribution is 6.35. The number of oxime groups is 1. The molecule has 0 atom stereocenters. The maximum absolute atomic E-state index is 10.5. The molecule has 0 radical (unpaired) electrons. The quantitative estimate of drug-likeness (QED) is 0.451. The summed E-state index contributed by atoms with van der Waals surface area (Å²) >= 11 is 0. The number of carboxylic acids is 1. The minimum absolute atomic E-state index is 0.193. The number of hydrogen-bond acceptors (Lipinski definition) is 4. The van der Waals surface area contributed by atoms with E-state index in [1.165, 1.54) is 0 Å². The molecule has 0 unspecified atom stereocenters. The highest BCUT2D eigenvalue weighted by Gasteiger charge is 2.09. The molecule has 0 heterocycles. The van der Waals surface area contributed by atoms with Crippen molar-refractivity contribution < 1.29 is 19.8 Å². The molecule has 0 saturated heterocycles. The maximum Gasteiger partial charge on any atom is 0.353 e. The maximum atomic E-state index is 10.5. The summed E-state index contributed by atoms with van der Waals surface area (Å²) in [6.45, 7) is 0. The van der Waals surface area contributed by atoms with Gasteiger partial charge in [0.05, 0.1) is 7.11 Å². The van der Waals surface area contributed by atoms with E-state index in [1.807, 2.05) is 12.1 Å². The first-order valence-corrected chi connectivity index (χ1v) is 4.74. The lowest BCUT2D eigenvalue weighted by molar-refractivity contribution is -0.129. The first-order valence-electron chi connectivity index (χ1n) is 4.74. The third-order valence-electron chi connectivity index (χ3n) is 2.18. The third-order valence-corrected chi connectivity index (χ3v) is 2.18. The molecule has 0 bridgehead atoms. The Morgan fingerprint density at radius 1 is 1.38 bits per heavy atom. The van der Waals surface area contributed by atoms with E-state index in [0.717, 1.165) is 11.3 Å². The number of aryl methyl sites for hydroxylation is 1. The minimum Gasteiger partial charge on any atom is -0.497 e. The van der Waals surface area contributed by atoms with Crippen LogP contribution in [-0.2, 0) is 11.2 Å². The van der Waals surface area contributed by atoms with Crippen LogP contribution in [0.3, 0.4) is 0 Å². The molecule has 1 aromatic rings. The zero-order valence-electron chi connectivity index (χ0n) is 8.88. The van der Waals surface area contributed by atoms with Crippen LogP contribution in [0.1, 0.15) is 12.0 Å². The standard InChI is InChI=1S/C11H13NO4/c1-16-9-5-2-8(3-6-9)4-7-10(12-15)11(13)14/h2-3,5-6,15H,4,7H2,1H3,(H,13,14). The molecule has 0 aliphatic carbocycles. The number of nitrogens with zero attached hydrogens (tertiary/aromatic N) is 1. The monoisotopic (exact) mass is 223 g/mol. The molecule has 0 aromatic heterocycles. The number of carbonyl (C=O) groups is 1. The highest BCUT2D eigenvalue weighted by Crippen LogP contribution is 2.12. The number of carboxylic acid groups (broad SMARTS) is 1. The molecule has 1 aromatic carbocycles. The van der Waals surface area contributed by atoms with Crippen LogP contribution in [0.2, 0.25) is 0 Å². The Hall–Kier alpha value is -2.04. The van der Waals surface area contributed by atoms with Crippen molar-refractivity contribution in [2.75, 3.05) is 7.11 Å². The van der Waals surface area contributed by atoms with Gasteiger partial charge in [0.25, 0.3) is 0 Å². The first-order chi connectivity index (χ1) is 7.67. The third kappa shape index (κ3) is 3.27. The Morgan fingerprint density at radius 2 is 2.00 bits per heavy atom. The van der Waals surface area contributed by atoms with Crippen LogP contribution in [0.5, 0.6) is 5.75 Å². The molecule has 0 aliphatic rings. The van der Waals surface area contributed by atoms with Crippen LogP contribution in [0.15, 0.2) is 29.4 Å². The molecular weight excluding hydrogens is 210 g/mol. The fourth-order valence-corrected chi connectivity index (χ4v) is 1.25. The van der Waals surface area contributed by atoms with Gasteiger partial charge in [0.1, 0.15) is 5.75 Å². The summed E-state index contributed by atoms with van der Waals surface area (Å²) in [7, 11) is 1.58. The molecule has 0 spiro atoms. The van der Waals surface area contributed by atoms with Crippen molar-refractivity contribution >= 4 is 11.7 Å². The molecule has 5 nitrogen and oxygen atoms in total. The average Bonchev–Trinajstić information content (AvgIpc) is 2.30. The highest BCUT2D eigenvalue weighted by atomic mass is 16.5. The van der Waals surface area contributed by atoms with Gasteiger partial charge in [0, 0.05) is 6.42 Å². The van der Waals surface area contributed by atoms with Gasteiger partial charge in [0.2, 0.25) is 0 Å². The fourth-order valence-electron chi connectivity index (χ4n) is 1.25. The van der Waals surface area contributed by atoms with Gasteiger partial charge in [-0.3, -0.25) is 0 Å². The van der Waals surface area contributed by atoms with Crippen molar-refractivity contribution in [2.45, 2.75) is 12.8 Å². The van der Waals surface area contributed by atoms with Crippen molar-refractivity contribution in [3.8, 4) is 5.75 Å². The van der Waals surface area contributed by atoms with E-state index in [1.54, 1.807) is 19.2 Å². The van der Waals surface area contributed by atoms with Crippen molar-refractivity contribution in [3.05, 3.63) is 29.8 Å². The minimum atomic E-state index is -1.20. The van der Waals surface area contributed by atoms with Crippen LogP contribution >= 0.6 is 0 Å². The van der Waals surface area contributed by atoms with E-state index in [2.05, 4.69) is 5.16 Å². The summed E-state index contributed by atoms with van der Waals surface area (Å²) in [6, 6.07) is 7.28. The van der Waals surface area contributed by atoms with E-state index >= 15 is 0 Å². The Bertz CT molecular complexity index is 383. The average molecular weight is 223 g/mol. The Balaban J connectivity index is 2.57. The summed E-state index contributed by atoms with van der Waals surface area (Å²) in [5, 5.41) is 19.8. The fraction of sp³-hybridized carbons (Fsp3) is 0.273. The molecule has 86 valence electrons. The van der Waals surface area contributed by atoms with Gasteiger partial charge in [-0.05, 0) is 24.1 Å². The molecule has 1 rings (SSSR count). The number of methoxy groups -OCH3 is 1. The number of hydrogen-bond donors (Lipinski definition) is 2. The zero-order valence-corrected chi connectivity index (χ0v) is 8.88. The van der Waals surface area contributed by atoms with E-state index < -0.39 is 5.97 Å².